The van der Waals surface area contributed by atoms with E-state index in [2.05, 4.69) is 43.9 Å². The lowest BCUT2D eigenvalue weighted by Crippen LogP contribution is -2.64. The van der Waals surface area contributed by atoms with Gasteiger partial charge >= 0.3 is 0 Å². The highest BCUT2D eigenvalue weighted by Crippen LogP contribution is 2.57. The topological polar surface area (TPSA) is 16.4 Å². The molecule has 1 aromatic heterocycles. The zero-order valence-electron chi connectivity index (χ0n) is 14.6. The van der Waals surface area contributed by atoms with Crippen molar-refractivity contribution >= 4 is 11.0 Å². The monoisotopic (exact) mass is 309 g/mol. The average Bonchev–Trinajstić information content (AvgIpc) is 2.87. The summed E-state index contributed by atoms with van der Waals surface area (Å²) in [5.41, 5.74) is 4.26. The average molecular weight is 309 g/mol. The Morgan fingerprint density at radius 1 is 1.30 bits per heavy atom. The molecular formula is C21H27NO. The van der Waals surface area contributed by atoms with Crippen molar-refractivity contribution in [3.63, 3.8) is 0 Å². The molecule has 4 bridgehead atoms. The summed E-state index contributed by atoms with van der Waals surface area (Å²) < 4.78 is 6.50. The number of rotatable bonds is 1. The van der Waals surface area contributed by atoms with Crippen LogP contribution in [-0.2, 0) is 6.42 Å². The fourth-order valence-electron chi connectivity index (χ4n) is 6.08. The summed E-state index contributed by atoms with van der Waals surface area (Å²) >= 11 is 0. The summed E-state index contributed by atoms with van der Waals surface area (Å²) in [5.74, 6) is 3.61. The van der Waals surface area contributed by atoms with Gasteiger partial charge in [0.1, 0.15) is 11.3 Å². The maximum absolute atomic E-state index is 6.50. The maximum atomic E-state index is 6.50. The predicted molar refractivity (Wildman–Crippen MR) is 93.9 cm³/mol. The van der Waals surface area contributed by atoms with Gasteiger partial charge in [0.15, 0.2) is 0 Å². The Hall–Kier alpha value is -1.28. The molecule has 3 fully saturated rings. The Kier molecular flexibility index (Phi) is 2.84. The number of benzene rings is 1. The van der Waals surface area contributed by atoms with Crippen molar-refractivity contribution in [2.24, 2.45) is 11.8 Å². The fourth-order valence-corrected chi connectivity index (χ4v) is 6.08. The van der Waals surface area contributed by atoms with E-state index >= 15 is 0 Å². The molecule has 5 atom stereocenters. The van der Waals surface area contributed by atoms with E-state index in [1.807, 2.05) is 0 Å². The van der Waals surface area contributed by atoms with Crippen LogP contribution in [0, 0.1) is 18.8 Å². The highest BCUT2D eigenvalue weighted by atomic mass is 16.3. The van der Waals surface area contributed by atoms with Crippen molar-refractivity contribution in [3.05, 3.63) is 35.1 Å². The first-order chi connectivity index (χ1) is 11.1. The molecule has 1 aliphatic carbocycles. The third-order valence-corrected chi connectivity index (χ3v) is 7.30. The molecule has 5 unspecified atom stereocenters. The van der Waals surface area contributed by atoms with Gasteiger partial charge in [0.2, 0.25) is 0 Å². The number of furan rings is 1. The molecule has 0 amide bonds. The number of nitrogens with zero attached hydrogens (tertiary/aromatic N) is 1. The van der Waals surface area contributed by atoms with Crippen LogP contribution < -0.4 is 0 Å². The number of fused-ring (bicyclic) bond motifs is 4. The van der Waals surface area contributed by atoms with Crippen LogP contribution in [0.4, 0.5) is 0 Å². The van der Waals surface area contributed by atoms with Crippen molar-refractivity contribution in [2.45, 2.75) is 57.9 Å². The minimum absolute atomic E-state index is 0.303. The van der Waals surface area contributed by atoms with Crippen LogP contribution >= 0.6 is 0 Å². The molecule has 3 aliphatic heterocycles. The summed E-state index contributed by atoms with van der Waals surface area (Å²) in [6, 6.07) is 6.69. The second-order valence-corrected chi connectivity index (χ2v) is 8.36. The summed E-state index contributed by atoms with van der Waals surface area (Å²) in [5, 5.41) is 1.38. The van der Waals surface area contributed by atoms with Crippen LogP contribution in [0.15, 0.2) is 22.6 Å². The van der Waals surface area contributed by atoms with Crippen LogP contribution in [0.5, 0.6) is 0 Å². The van der Waals surface area contributed by atoms with Gasteiger partial charge in [0.05, 0.1) is 0 Å². The number of aryl methyl sites for hydroxylation is 1. The third kappa shape index (κ3) is 1.73. The smallest absolute Gasteiger partial charge is 0.134 e. The van der Waals surface area contributed by atoms with E-state index in [0.717, 1.165) is 23.8 Å². The van der Waals surface area contributed by atoms with Crippen molar-refractivity contribution in [1.82, 2.24) is 4.90 Å². The highest BCUT2D eigenvalue weighted by Gasteiger charge is 2.57. The molecule has 122 valence electrons. The van der Waals surface area contributed by atoms with E-state index in [1.54, 1.807) is 0 Å². The Morgan fingerprint density at radius 2 is 2.17 bits per heavy atom. The normalized spacial score (nSPS) is 38.6. The SMILES string of the molecule is CCC1CC2CC3c4oc5ccc(C)cc5c4CCN(C2)C13C. The largest absolute Gasteiger partial charge is 0.460 e. The molecule has 23 heavy (non-hydrogen) atoms. The Balaban J connectivity index is 1.73. The van der Waals surface area contributed by atoms with E-state index in [4.69, 9.17) is 4.42 Å². The first kappa shape index (κ1) is 14.1. The van der Waals surface area contributed by atoms with Gasteiger partial charge < -0.3 is 4.42 Å². The standard InChI is InChI=1S/C21H27NO/c1-4-15-10-14-11-18-20-16(7-8-22(12-14)21(15,18)3)17-9-13(2)5-6-19(17)23-20/h5-6,9,14-15,18H,4,7-8,10-12H2,1-3H3. The van der Waals surface area contributed by atoms with E-state index in [0.29, 0.717) is 11.5 Å². The lowest BCUT2D eigenvalue weighted by atomic mass is 9.57. The van der Waals surface area contributed by atoms with Crippen LogP contribution in [0.25, 0.3) is 11.0 Å². The summed E-state index contributed by atoms with van der Waals surface area (Å²) in [4.78, 5) is 2.82. The van der Waals surface area contributed by atoms with E-state index in [-0.39, 0.29) is 0 Å². The first-order valence-corrected chi connectivity index (χ1v) is 9.38. The number of piperidine rings is 2. The van der Waals surface area contributed by atoms with Gasteiger partial charge in [-0.3, -0.25) is 4.90 Å². The Morgan fingerprint density at radius 3 is 3.00 bits per heavy atom. The van der Waals surface area contributed by atoms with Gasteiger partial charge in [-0.05, 0) is 57.1 Å². The molecule has 2 aromatic rings. The molecule has 0 spiro atoms. The quantitative estimate of drug-likeness (QED) is 0.745. The fraction of sp³-hybridized carbons (Fsp3) is 0.619. The van der Waals surface area contributed by atoms with Crippen LogP contribution in [-0.4, -0.2) is 23.5 Å². The predicted octanol–water partition coefficient (Wildman–Crippen LogP) is 4.89. The second-order valence-electron chi connectivity index (χ2n) is 8.36. The maximum Gasteiger partial charge on any atom is 0.134 e. The van der Waals surface area contributed by atoms with Gasteiger partial charge in [-0.25, -0.2) is 0 Å². The van der Waals surface area contributed by atoms with Crippen LogP contribution in [0.2, 0.25) is 0 Å². The van der Waals surface area contributed by atoms with Gasteiger partial charge in [-0.2, -0.15) is 0 Å². The molecule has 2 heteroatoms. The zero-order chi connectivity index (χ0) is 15.8. The van der Waals surface area contributed by atoms with Crippen molar-refractivity contribution in [1.29, 1.82) is 0 Å². The molecule has 2 nitrogen and oxygen atoms in total. The molecule has 1 saturated carbocycles. The number of hydrogen-bond donors (Lipinski definition) is 0. The van der Waals surface area contributed by atoms with Crippen molar-refractivity contribution in [3.8, 4) is 0 Å². The minimum Gasteiger partial charge on any atom is -0.460 e. The van der Waals surface area contributed by atoms with Gasteiger partial charge in [-0.1, -0.05) is 25.0 Å². The summed E-state index contributed by atoms with van der Waals surface area (Å²) in [6.07, 6.45) is 5.21. The van der Waals surface area contributed by atoms with Crippen molar-refractivity contribution < 1.29 is 4.42 Å². The lowest BCUT2D eigenvalue weighted by molar-refractivity contribution is -0.0877. The van der Waals surface area contributed by atoms with Gasteiger partial charge in [0.25, 0.3) is 0 Å². The van der Waals surface area contributed by atoms with E-state index in [9.17, 15) is 0 Å². The van der Waals surface area contributed by atoms with Crippen LogP contribution in [0.1, 0.15) is 55.9 Å². The molecule has 0 N–H and O–H groups in total. The van der Waals surface area contributed by atoms with E-state index in [1.165, 1.54) is 54.6 Å². The highest BCUT2D eigenvalue weighted by molar-refractivity contribution is 5.83. The second kappa shape index (κ2) is 4.63. The van der Waals surface area contributed by atoms with E-state index < -0.39 is 0 Å². The molecule has 4 heterocycles. The van der Waals surface area contributed by atoms with Gasteiger partial charge in [0, 0.05) is 35.5 Å². The summed E-state index contributed by atoms with van der Waals surface area (Å²) in [7, 11) is 0. The minimum atomic E-state index is 0.303. The molecular weight excluding hydrogens is 282 g/mol. The van der Waals surface area contributed by atoms with Crippen molar-refractivity contribution in [2.75, 3.05) is 13.1 Å². The van der Waals surface area contributed by atoms with Crippen LogP contribution in [0.3, 0.4) is 0 Å². The molecule has 0 radical (unpaired) electrons. The molecule has 2 saturated heterocycles. The molecule has 6 rings (SSSR count). The zero-order valence-corrected chi connectivity index (χ0v) is 14.6. The Labute approximate surface area is 138 Å². The van der Waals surface area contributed by atoms with Gasteiger partial charge in [-0.15, -0.1) is 0 Å². The number of hydrogen-bond acceptors (Lipinski definition) is 2. The third-order valence-electron chi connectivity index (χ3n) is 7.30. The summed E-state index contributed by atoms with van der Waals surface area (Å²) in [6.45, 7) is 9.62. The Bertz CT molecular complexity index is 775. The molecule has 4 aliphatic rings. The lowest BCUT2D eigenvalue weighted by Gasteiger charge is -2.60. The first-order valence-electron chi connectivity index (χ1n) is 9.38. The molecule has 1 aromatic carbocycles.